The zero-order valence-corrected chi connectivity index (χ0v) is 45.8. The molecule has 0 bridgehead atoms. The maximum Gasteiger partial charge on any atom is 0.311 e. The van der Waals surface area contributed by atoms with Crippen LogP contribution in [-0.2, 0) is 50.3 Å². The number of cyclic esters (lactones) is 1. The van der Waals surface area contributed by atoms with Crippen LogP contribution in [0, 0.1) is 17.8 Å². The van der Waals surface area contributed by atoms with E-state index < -0.39 is 118 Å². The summed E-state index contributed by atoms with van der Waals surface area (Å²) in [5.41, 5.74) is -6.37. The highest BCUT2D eigenvalue weighted by Gasteiger charge is 2.59. The number of carbonyl (C=O) groups is 1. The standard InChI is InChI=1S/C50H84ClN5O14S/c1-15-21-52-28-50(61)34(8)66-39(26-48(50,10)64-14)69-40-31(5)43(47(9,59)25-29(3)27-54-33(7)42(57)49(11,60)38(16-2)68-44(58)32(40)6)70-45-41(67-36-19-17-35(51)18-20-36)37(24-30(4)65-45)56(13)71(62,63)46-53-22-23-55(46)12/h17-20,22-23,29-34,37-43,45,52,54,57,59-61H,15-16,21,24-28H2,1-14H3/t29-,30-,31+,32-,33-,34-,37+,38-,39?,40+,41-,42-,43-,45+,47-,48+,49-,50-/m1/s1. The van der Waals surface area contributed by atoms with Crippen LogP contribution in [0.15, 0.2) is 41.8 Å². The summed E-state index contributed by atoms with van der Waals surface area (Å²) in [5.74, 6) is -2.81. The molecule has 3 fully saturated rings. The van der Waals surface area contributed by atoms with Crippen LogP contribution in [0.1, 0.15) is 108 Å². The molecular weight excluding hydrogens is 962 g/mol. The van der Waals surface area contributed by atoms with Crippen LogP contribution in [0.5, 0.6) is 5.75 Å². The molecule has 0 radical (unpaired) electrons. The number of carbonyl (C=O) groups excluding carboxylic acids is 1. The number of ether oxygens (including phenoxy) is 7. The number of aryl methyl sites for hydroxylation is 1. The lowest BCUT2D eigenvalue weighted by Gasteiger charge is -2.53. The van der Waals surface area contributed by atoms with Gasteiger partial charge in [-0.15, -0.1) is 0 Å². The topological polar surface area (TPSA) is 242 Å². The molecule has 0 saturated carbocycles. The van der Waals surface area contributed by atoms with E-state index in [2.05, 4.69) is 15.6 Å². The SMILES string of the molecule is CCCNC[C@@]1(O)[C@@H](C)OC(O[C@H]2[C@H](C)[C@@H](O[C@@H]3O[C@H](C)C[C@H](N(C)S(=O)(=O)c4nccn4C)[C@H]3Oc3ccc(Cl)cc3)[C@](C)(O)C[C@@H](C)CN[C@H](C)[C@@H](O)[C@](C)(O)[C@@H](CC)OC(=O)[C@@H]2C)C[C@]1(C)OC. The minimum absolute atomic E-state index is 0.0167. The molecule has 1 unspecified atom stereocenters. The summed E-state index contributed by atoms with van der Waals surface area (Å²) < 4.78 is 77.6. The van der Waals surface area contributed by atoms with Crippen molar-refractivity contribution in [1.29, 1.82) is 0 Å². The Balaban J connectivity index is 1.66. The second-order valence-electron chi connectivity index (χ2n) is 21.1. The molecule has 18 atom stereocenters. The summed E-state index contributed by atoms with van der Waals surface area (Å²) in [7, 11) is 0.307. The Morgan fingerprint density at radius 3 is 2.25 bits per heavy atom. The first-order valence-electron chi connectivity index (χ1n) is 25.1. The Morgan fingerprint density at radius 2 is 1.66 bits per heavy atom. The number of rotatable bonds is 15. The minimum Gasteiger partial charge on any atom is -0.483 e. The Bertz CT molecular complexity index is 2140. The van der Waals surface area contributed by atoms with E-state index in [4.69, 9.17) is 44.8 Å². The number of aliphatic hydroxyl groups is 4. The zero-order valence-electron chi connectivity index (χ0n) is 44.2. The summed E-state index contributed by atoms with van der Waals surface area (Å²) in [6.07, 6.45) is -5.85. The van der Waals surface area contributed by atoms with Crippen LogP contribution >= 0.6 is 11.6 Å². The van der Waals surface area contributed by atoms with Gasteiger partial charge in [-0.3, -0.25) is 4.79 Å². The normalized spacial score (nSPS) is 40.4. The fraction of sp³-hybridized carbons (Fsp3) is 0.800. The second-order valence-corrected chi connectivity index (χ2v) is 23.4. The number of sulfonamides is 1. The summed E-state index contributed by atoms with van der Waals surface area (Å²) in [6, 6.07) is 4.98. The Kier molecular flexibility index (Phi) is 20.0. The summed E-state index contributed by atoms with van der Waals surface area (Å²) >= 11 is 6.29. The predicted octanol–water partition coefficient (Wildman–Crippen LogP) is 4.16. The van der Waals surface area contributed by atoms with E-state index in [0.717, 1.165) is 6.42 Å². The molecule has 1 aromatic heterocycles. The maximum atomic E-state index is 14.7. The van der Waals surface area contributed by atoms with Gasteiger partial charge in [0, 0.05) is 63.5 Å². The zero-order chi connectivity index (χ0) is 53.0. The molecule has 0 amide bonds. The van der Waals surface area contributed by atoms with Gasteiger partial charge >= 0.3 is 5.97 Å². The average Bonchev–Trinajstić information content (AvgIpc) is 3.76. The van der Waals surface area contributed by atoms with Crippen LogP contribution in [-0.4, -0.2) is 172 Å². The van der Waals surface area contributed by atoms with E-state index in [0.29, 0.717) is 17.3 Å². The number of methoxy groups -OCH3 is 1. The van der Waals surface area contributed by atoms with E-state index in [1.54, 1.807) is 92.9 Å². The third-order valence-corrected chi connectivity index (χ3v) is 17.4. The molecule has 1 aromatic carbocycles. The van der Waals surface area contributed by atoms with Gasteiger partial charge in [-0.05, 0) is 117 Å². The molecule has 4 heterocycles. The molecule has 0 spiro atoms. The molecule has 3 saturated heterocycles. The molecule has 3 aliphatic heterocycles. The minimum atomic E-state index is -4.25. The maximum absolute atomic E-state index is 14.7. The molecule has 6 N–H and O–H groups in total. The Morgan fingerprint density at radius 1 is 1.00 bits per heavy atom. The number of hydrogen-bond acceptors (Lipinski definition) is 17. The quantitative estimate of drug-likeness (QED) is 0.108. The number of halogens is 1. The molecule has 3 aliphatic rings. The van der Waals surface area contributed by atoms with Gasteiger partial charge in [-0.2, -0.15) is 4.31 Å². The highest BCUT2D eigenvalue weighted by atomic mass is 35.5. The Labute approximate surface area is 426 Å². The van der Waals surface area contributed by atoms with Gasteiger partial charge in [0.15, 0.2) is 18.7 Å². The number of esters is 1. The summed E-state index contributed by atoms with van der Waals surface area (Å²) in [6.45, 7) is 20.3. The van der Waals surface area contributed by atoms with Crippen molar-refractivity contribution in [2.75, 3.05) is 33.8 Å². The lowest BCUT2D eigenvalue weighted by molar-refractivity contribution is -0.335. The number of nitrogens with one attached hydrogen (secondary N) is 2. The summed E-state index contributed by atoms with van der Waals surface area (Å²) in [4.78, 5) is 18.9. The number of imidazole rings is 1. The lowest BCUT2D eigenvalue weighted by Crippen LogP contribution is -2.70. The van der Waals surface area contributed by atoms with Gasteiger partial charge in [0.25, 0.3) is 10.0 Å². The second kappa shape index (κ2) is 24.0. The van der Waals surface area contributed by atoms with Gasteiger partial charge in [0.2, 0.25) is 5.16 Å². The first-order chi connectivity index (χ1) is 33.1. The van der Waals surface area contributed by atoms with Crippen LogP contribution in [0.2, 0.25) is 5.02 Å². The largest absolute Gasteiger partial charge is 0.483 e. The molecule has 19 nitrogen and oxygen atoms in total. The van der Waals surface area contributed by atoms with Crippen molar-refractivity contribution >= 4 is 27.6 Å². The highest BCUT2D eigenvalue weighted by Crippen LogP contribution is 2.44. The number of aliphatic hydroxyl groups excluding tert-OH is 1. The van der Waals surface area contributed by atoms with Gasteiger partial charge in [0.05, 0.1) is 42.0 Å². The van der Waals surface area contributed by atoms with Gasteiger partial charge in [-0.1, -0.05) is 39.3 Å². The molecule has 5 rings (SSSR count). The van der Waals surface area contributed by atoms with Crippen molar-refractivity contribution in [1.82, 2.24) is 24.5 Å². The third kappa shape index (κ3) is 13.1. The van der Waals surface area contributed by atoms with Gasteiger partial charge < -0.3 is 68.8 Å². The first kappa shape index (κ1) is 59.3. The molecule has 406 valence electrons. The number of likely N-dealkylation sites (N-methyl/N-ethyl adjacent to an activating group) is 1. The molecular formula is C50H84ClN5O14S. The van der Waals surface area contributed by atoms with E-state index in [9.17, 15) is 33.6 Å². The van der Waals surface area contributed by atoms with Gasteiger partial charge in [0.1, 0.15) is 34.8 Å². The number of nitrogens with zero attached hydrogens (tertiary/aromatic N) is 3. The number of hydrogen-bond donors (Lipinski definition) is 6. The highest BCUT2D eigenvalue weighted by molar-refractivity contribution is 7.89. The van der Waals surface area contributed by atoms with Crippen LogP contribution in [0.3, 0.4) is 0 Å². The predicted molar refractivity (Wildman–Crippen MR) is 266 cm³/mol. The van der Waals surface area contributed by atoms with Crippen molar-refractivity contribution in [3.63, 3.8) is 0 Å². The van der Waals surface area contributed by atoms with Crippen molar-refractivity contribution in [2.45, 2.75) is 203 Å². The average molecular weight is 1050 g/mol. The fourth-order valence-electron chi connectivity index (χ4n) is 10.7. The molecule has 71 heavy (non-hydrogen) atoms. The molecule has 21 heteroatoms. The lowest BCUT2D eigenvalue weighted by atomic mass is 9.75. The van der Waals surface area contributed by atoms with Crippen LogP contribution < -0.4 is 15.4 Å². The van der Waals surface area contributed by atoms with Crippen molar-refractivity contribution in [3.8, 4) is 5.75 Å². The monoisotopic (exact) mass is 1050 g/mol. The molecule has 2 aromatic rings. The van der Waals surface area contributed by atoms with Crippen LogP contribution in [0.4, 0.5) is 0 Å². The fourth-order valence-corrected chi connectivity index (χ4v) is 12.3. The Hall–Kier alpha value is -2.54. The molecule has 0 aliphatic carbocycles. The first-order valence-corrected chi connectivity index (χ1v) is 26.9. The van der Waals surface area contributed by atoms with Crippen LogP contribution in [0.25, 0.3) is 0 Å². The van der Waals surface area contributed by atoms with Crippen molar-refractivity contribution in [3.05, 3.63) is 41.7 Å². The number of aromatic nitrogens is 2. The van der Waals surface area contributed by atoms with E-state index in [1.807, 2.05) is 13.8 Å². The van der Waals surface area contributed by atoms with E-state index in [-0.39, 0.29) is 49.8 Å². The van der Waals surface area contributed by atoms with Crippen molar-refractivity contribution < 1.29 is 66.8 Å². The number of benzene rings is 1. The van der Waals surface area contributed by atoms with Crippen molar-refractivity contribution in [2.24, 2.45) is 24.8 Å². The third-order valence-electron chi connectivity index (χ3n) is 15.3. The summed E-state index contributed by atoms with van der Waals surface area (Å²) in [5, 5.41) is 55.6. The smallest absolute Gasteiger partial charge is 0.311 e. The van der Waals surface area contributed by atoms with Gasteiger partial charge in [-0.25, -0.2) is 13.4 Å². The van der Waals surface area contributed by atoms with E-state index >= 15 is 0 Å². The van der Waals surface area contributed by atoms with E-state index in [1.165, 1.54) is 36.2 Å².